The van der Waals surface area contributed by atoms with Crippen molar-refractivity contribution in [2.45, 2.75) is 51.5 Å². The van der Waals surface area contributed by atoms with E-state index in [0.717, 1.165) is 5.56 Å². The summed E-state index contributed by atoms with van der Waals surface area (Å²) in [6.07, 6.45) is 0.0589. The number of aliphatic hydroxyl groups excluding tert-OH is 1. The Balaban J connectivity index is 2.04. The van der Waals surface area contributed by atoms with Crippen molar-refractivity contribution in [3.8, 4) is 11.5 Å². The summed E-state index contributed by atoms with van der Waals surface area (Å²) < 4.78 is 11.1. The Morgan fingerprint density at radius 2 is 2.09 bits per heavy atom. The van der Waals surface area contributed by atoms with E-state index >= 15 is 0 Å². The van der Waals surface area contributed by atoms with Crippen LogP contribution in [-0.4, -0.2) is 42.9 Å². The summed E-state index contributed by atoms with van der Waals surface area (Å²) in [5, 5.41) is 15.5. The first kappa shape index (κ1) is 17.6. The zero-order chi connectivity index (χ0) is 17.0. The van der Waals surface area contributed by atoms with Gasteiger partial charge in [0.25, 0.3) is 0 Å². The molecule has 3 atom stereocenters. The van der Waals surface area contributed by atoms with Crippen LogP contribution in [0.25, 0.3) is 0 Å². The van der Waals surface area contributed by atoms with Gasteiger partial charge in [-0.2, -0.15) is 0 Å². The lowest BCUT2D eigenvalue weighted by Crippen LogP contribution is -2.41. The molecule has 0 unspecified atom stereocenters. The molecule has 1 amide bonds. The minimum atomic E-state index is -0.450. The van der Waals surface area contributed by atoms with Crippen molar-refractivity contribution in [1.29, 1.82) is 0 Å². The summed E-state index contributed by atoms with van der Waals surface area (Å²) in [5.74, 6) is 1.23. The molecule has 1 aromatic carbocycles. The highest BCUT2D eigenvalue weighted by Crippen LogP contribution is 2.31. The molecule has 1 fully saturated rings. The zero-order valence-electron chi connectivity index (χ0n) is 14.1. The van der Waals surface area contributed by atoms with Crippen molar-refractivity contribution in [3.63, 3.8) is 0 Å². The largest absolute Gasteiger partial charge is 0.493 e. The smallest absolute Gasteiger partial charge is 0.237 e. The molecule has 0 bridgehead atoms. The fourth-order valence-electron chi connectivity index (χ4n) is 2.62. The van der Waals surface area contributed by atoms with Crippen molar-refractivity contribution >= 4 is 5.91 Å². The summed E-state index contributed by atoms with van der Waals surface area (Å²) in [6, 6.07) is 5.15. The predicted molar refractivity (Wildman–Crippen MR) is 87.7 cm³/mol. The summed E-state index contributed by atoms with van der Waals surface area (Å²) in [7, 11) is 1.60. The highest BCUT2D eigenvalue weighted by molar-refractivity contribution is 5.82. The number of aliphatic hydroxyl groups is 1. The van der Waals surface area contributed by atoms with Gasteiger partial charge in [-0.3, -0.25) is 4.79 Å². The first-order valence-electron chi connectivity index (χ1n) is 7.97. The third-order valence-electron chi connectivity index (χ3n) is 3.83. The number of ether oxygens (including phenoxy) is 2. The molecule has 1 aromatic rings. The van der Waals surface area contributed by atoms with Crippen LogP contribution >= 0.6 is 0 Å². The van der Waals surface area contributed by atoms with Gasteiger partial charge in [0.2, 0.25) is 5.91 Å². The lowest BCUT2D eigenvalue weighted by molar-refractivity contribution is -0.123. The Morgan fingerprint density at radius 3 is 2.65 bits per heavy atom. The van der Waals surface area contributed by atoms with E-state index < -0.39 is 6.10 Å². The van der Waals surface area contributed by atoms with Gasteiger partial charge in [-0.05, 0) is 44.9 Å². The maximum absolute atomic E-state index is 12.2. The normalized spacial score (nSPS) is 22.0. The molecule has 1 heterocycles. The quantitative estimate of drug-likeness (QED) is 0.737. The monoisotopic (exact) mass is 322 g/mol. The maximum Gasteiger partial charge on any atom is 0.237 e. The molecule has 6 heteroatoms. The fraction of sp³-hybridized carbons (Fsp3) is 0.588. The molecule has 0 aromatic heterocycles. The van der Waals surface area contributed by atoms with Gasteiger partial charge in [-0.1, -0.05) is 6.07 Å². The standard InChI is InChI=1S/C17H26N2O4/c1-10(2)23-15-6-5-12(7-16(15)22-4)11(3)19-17(21)14-8-13(20)9-18-14/h5-7,10-11,13-14,18,20H,8-9H2,1-4H3,(H,19,21)/t11-,13+,14+/m0/s1. The number of benzene rings is 1. The fourth-order valence-corrected chi connectivity index (χ4v) is 2.62. The van der Waals surface area contributed by atoms with Crippen LogP contribution in [-0.2, 0) is 4.79 Å². The number of carbonyl (C=O) groups is 1. The van der Waals surface area contributed by atoms with E-state index in [9.17, 15) is 9.90 Å². The van der Waals surface area contributed by atoms with E-state index in [-0.39, 0.29) is 24.1 Å². The van der Waals surface area contributed by atoms with Crippen LogP contribution in [0.15, 0.2) is 18.2 Å². The topological polar surface area (TPSA) is 79.8 Å². The summed E-state index contributed by atoms with van der Waals surface area (Å²) >= 11 is 0. The molecule has 2 rings (SSSR count). The Labute approximate surface area is 137 Å². The minimum absolute atomic E-state index is 0.0618. The second-order valence-corrected chi connectivity index (χ2v) is 6.16. The molecule has 6 nitrogen and oxygen atoms in total. The summed E-state index contributed by atoms with van der Waals surface area (Å²) in [6.45, 7) is 6.29. The molecular formula is C17H26N2O4. The van der Waals surface area contributed by atoms with Crippen LogP contribution in [0.3, 0.4) is 0 Å². The number of hydrogen-bond acceptors (Lipinski definition) is 5. The van der Waals surface area contributed by atoms with Gasteiger partial charge >= 0.3 is 0 Å². The van der Waals surface area contributed by atoms with E-state index in [2.05, 4.69) is 10.6 Å². The summed E-state index contributed by atoms with van der Waals surface area (Å²) in [5.41, 5.74) is 0.935. The Hall–Kier alpha value is -1.79. The number of carbonyl (C=O) groups excluding carboxylic acids is 1. The number of nitrogens with one attached hydrogen (secondary N) is 2. The van der Waals surface area contributed by atoms with E-state index in [4.69, 9.17) is 9.47 Å². The SMILES string of the molecule is COc1cc([C@H](C)NC(=O)[C@H]2C[C@@H](O)CN2)ccc1OC(C)C. The number of rotatable bonds is 6. The maximum atomic E-state index is 12.2. The van der Waals surface area contributed by atoms with Crippen molar-refractivity contribution in [3.05, 3.63) is 23.8 Å². The lowest BCUT2D eigenvalue weighted by atomic mass is 10.1. The molecule has 3 N–H and O–H groups in total. The molecule has 1 aliphatic rings. The number of amides is 1. The van der Waals surface area contributed by atoms with E-state index in [0.29, 0.717) is 24.5 Å². The average Bonchev–Trinajstić information content (AvgIpc) is 2.93. The Morgan fingerprint density at radius 1 is 1.35 bits per heavy atom. The average molecular weight is 322 g/mol. The van der Waals surface area contributed by atoms with Crippen LogP contribution in [0.2, 0.25) is 0 Å². The molecule has 1 saturated heterocycles. The zero-order valence-corrected chi connectivity index (χ0v) is 14.1. The number of methoxy groups -OCH3 is 1. The predicted octanol–water partition coefficient (Wildman–Crippen LogP) is 1.38. The van der Waals surface area contributed by atoms with Crippen LogP contribution < -0.4 is 20.1 Å². The Bertz CT molecular complexity index is 547. The van der Waals surface area contributed by atoms with Gasteiger partial charge in [-0.15, -0.1) is 0 Å². The minimum Gasteiger partial charge on any atom is -0.493 e. The second-order valence-electron chi connectivity index (χ2n) is 6.16. The van der Waals surface area contributed by atoms with E-state index in [1.807, 2.05) is 39.0 Å². The first-order chi connectivity index (χ1) is 10.9. The third kappa shape index (κ3) is 4.59. The van der Waals surface area contributed by atoms with E-state index in [1.165, 1.54) is 0 Å². The van der Waals surface area contributed by atoms with Crippen molar-refractivity contribution in [1.82, 2.24) is 10.6 Å². The molecule has 0 radical (unpaired) electrons. The molecule has 23 heavy (non-hydrogen) atoms. The van der Waals surface area contributed by atoms with Crippen molar-refractivity contribution < 1.29 is 19.4 Å². The molecule has 0 saturated carbocycles. The molecular weight excluding hydrogens is 296 g/mol. The van der Waals surface area contributed by atoms with Gasteiger partial charge in [-0.25, -0.2) is 0 Å². The van der Waals surface area contributed by atoms with Crippen LogP contribution in [0.4, 0.5) is 0 Å². The highest BCUT2D eigenvalue weighted by Gasteiger charge is 2.28. The van der Waals surface area contributed by atoms with Gasteiger partial charge in [0.05, 0.1) is 31.4 Å². The van der Waals surface area contributed by atoms with Gasteiger partial charge in [0.1, 0.15) is 0 Å². The second kappa shape index (κ2) is 7.66. The van der Waals surface area contributed by atoms with Gasteiger partial charge in [0.15, 0.2) is 11.5 Å². The Kier molecular flexibility index (Phi) is 5.85. The van der Waals surface area contributed by atoms with Gasteiger partial charge < -0.3 is 25.2 Å². The van der Waals surface area contributed by atoms with Crippen molar-refractivity contribution in [2.75, 3.05) is 13.7 Å². The van der Waals surface area contributed by atoms with Crippen LogP contribution in [0, 0.1) is 0 Å². The van der Waals surface area contributed by atoms with Gasteiger partial charge in [0, 0.05) is 6.54 Å². The number of β-amino-alcohol motifs (C(OH)–C–C–N with tert-alkyl or cyclic N) is 1. The first-order valence-corrected chi connectivity index (χ1v) is 7.97. The summed E-state index contributed by atoms with van der Waals surface area (Å²) in [4.78, 5) is 12.2. The molecule has 1 aliphatic heterocycles. The van der Waals surface area contributed by atoms with E-state index in [1.54, 1.807) is 7.11 Å². The van der Waals surface area contributed by atoms with Crippen LogP contribution in [0.1, 0.15) is 38.8 Å². The third-order valence-corrected chi connectivity index (χ3v) is 3.83. The molecule has 0 spiro atoms. The van der Waals surface area contributed by atoms with Crippen molar-refractivity contribution in [2.24, 2.45) is 0 Å². The van der Waals surface area contributed by atoms with Crippen LogP contribution in [0.5, 0.6) is 11.5 Å². The molecule has 128 valence electrons. The number of hydrogen-bond donors (Lipinski definition) is 3. The highest BCUT2D eigenvalue weighted by atomic mass is 16.5. The lowest BCUT2D eigenvalue weighted by Gasteiger charge is -2.20. The molecule has 0 aliphatic carbocycles.